The van der Waals surface area contributed by atoms with Crippen molar-refractivity contribution in [2.24, 2.45) is 0 Å². The van der Waals surface area contributed by atoms with E-state index in [1.54, 1.807) is 42.8 Å². The lowest BCUT2D eigenvalue weighted by molar-refractivity contribution is 0.290. The monoisotopic (exact) mass is 383 g/mol. The second-order valence-corrected chi connectivity index (χ2v) is 6.39. The van der Waals surface area contributed by atoms with E-state index in [1.807, 2.05) is 6.92 Å². The van der Waals surface area contributed by atoms with Gasteiger partial charge >= 0.3 is 0 Å². The summed E-state index contributed by atoms with van der Waals surface area (Å²) in [7, 11) is 0. The van der Waals surface area contributed by atoms with Crippen molar-refractivity contribution in [3.63, 3.8) is 0 Å². The van der Waals surface area contributed by atoms with E-state index in [0.717, 1.165) is 17.8 Å². The Morgan fingerprint density at radius 3 is 2.57 bits per heavy atom. The summed E-state index contributed by atoms with van der Waals surface area (Å²) in [5.74, 6) is -1.24. The Morgan fingerprint density at radius 1 is 1.14 bits per heavy atom. The van der Waals surface area contributed by atoms with Gasteiger partial charge in [-0.1, -0.05) is 6.58 Å². The summed E-state index contributed by atoms with van der Waals surface area (Å²) in [6, 6.07) is 4.23. The van der Waals surface area contributed by atoms with Gasteiger partial charge in [-0.15, -0.1) is 0 Å². The van der Waals surface area contributed by atoms with Crippen molar-refractivity contribution in [2.45, 2.75) is 27.4 Å². The second-order valence-electron chi connectivity index (χ2n) is 6.39. The van der Waals surface area contributed by atoms with Crippen molar-refractivity contribution in [3.8, 4) is 11.4 Å². The Hall–Kier alpha value is -3.35. The van der Waals surface area contributed by atoms with Crippen LogP contribution in [0.4, 0.5) is 8.78 Å². The van der Waals surface area contributed by atoms with Crippen molar-refractivity contribution in [1.82, 2.24) is 14.5 Å². The topological polar surface area (TPSA) is 57.0 Å². The molecule has 144 valence electrons. The molecular formula is C21H19F2N3O2. The van der Waals surface area contributed by atoms with E-state index in [4.69, 9.17) is 4.74 Å². The summed E-state index contributed by atoms with van der Waals surface area (Å²) in [6.45, 7) is 8.76. The first kappa shape index (κ1) is 19.4. The first-order valence-electron chi connectivity index (χ1n) is 8.57. The highest BCUT2D eigenvalue weighted by molar-refractivity contribution is 5.51. The third-order valence-corrected chi connectivity index (χ3v) is 4.38. The number of hydrogen-bond donors (Lipinski definition) is 0. The quantitative estimate of drug-likeness (QED) is 0.667. The zero-order chi connectivity index (χ0) is 20.4. The number of aryl methyl sites for hydroxylation is 2. The molecular weight excluding hydrogens is 364 g/mol. The normalized spacial score (nSPS) is 10.8. The van der Waals surface area contributed by atoms with Gasteiger partial charge in [0.05, 0.1) is 23.1 Å². The summed E-state index contributed by atoms with van der Waals surface area (Å²) in [4.78, 5) is 20.9. The lowest BCUT2D eigenvalue weighted by atomic mass is 10.1. The largest absolute Gasteiger partial charge is 0.487 e. The average molecular weight is 383 g/mol. The lowest BCUT2D eigenvalue weighted by Gasteiger charge is -2.17. The van der Waals surface area contributed by atoms with Crippen LogP contribution in [-0.2, 0) is 6.61 Å². The predicted molar refractivity (Wildman–Crippen MR) is 103 cm³/mol. The van der Waals surface area contributed by atoms with E-state index in [9.17, 15) is 13.6 Å². The molecule has 0 aliphatic heterocycles. The standard InChI is InChI=1S/C21H19F2N3O2/c1-5-16-8-19(12(2)9-24-16)26-13(3)6-20(14(4)21(26)27)28-11-18-17(23)7-15(22)10-25-18/h5-10H,1,11H2,2-4H3. The Labute approximate surface area is 161 Å². The minimum Gasteiger partial charge on any atom is -0.487 e. The Bertz CT molecular complexity index is 1120. The van der Waals surface area contributed by atoms with Gasteiger partial charge in [0.1, 0.15) is 23.9 Å². The summed E-state index contributed by atoms with van der Waals surface area (Å²) < 4.78 is 33.9. The maximum Gasteiger partial charge on any atom is 0.261 e. The molecule has 3 heterocycles. The number of aromatic nitrogens is 3. The first-order valence-corrected chi connectivity index (χ1v) is 8.57. The molecule has 3 rings (SSSR count). The third kappa shape index (κ3) is 3.69. The highest BCUT2D eigenvalue weighted by Crippen LogP contribution is 2.22. The molecule has 0 saturated carbocycles. The lowest BCUT2D eigenvalue weighted by Crippen LogP contribution is -2.24. The van der Waals surface area contributed by atoms with Crippen LogP contribution in [0.1, 0.15) is 28.2 Å². The van der Waals surface area contributed by atoms with Gasteiger partial charge in [-0.2, -0.15) is 0 Å². The van der Waals surface area contributed by atoms with Gasteiger partial charge in [0, 0.05) is 24.0 Å². The maximum atomic E-state index is 13.8. The van der Waals surface area contributed by atoms with Crippen molar-refractivity contribution < 1.29 is 13.5 Å². The Balaban J connectivity index is 1.99. The first-order chi connectivity index (χ1) is 13.3. The number of pyridine rings is 3. The zero-order valence-electron chi connectivity index (χ0n) is 15.8. The molecule has 0 unspecified atom stereocenters. The van der Waals surface area contributed by atoms with E-state index in [2.05, 4.69) is 16.5 Å². The molecule has 3 aromatic heterocycles. The van der Waals surface area contributed by atoms with Gasteiger partial charge in [-0.05, 0) is 38.5 Å². The van der Waals surface area contributed by atoms with Crippen LogP contribution in [0.5, 0.6) is 5.75 Å². The number of hydrogen-bond acceptors (Lipinski definition) is 4. The van der Waals surface area contributed by atoms with Crippen LogP contribution in [0.25, 0.3) is 11.8 Å². The molecule has 0 saturated heterocycles. The van der Waals surface area contributed by atoms with E-state index >= 15 is 0 Å². The Morgan fingerprint density at radius 2 is 1.89 bits per heavy atom. The maximum absolute atomic E-state index is 13.8. The van der Waals surface area contributed by atoms with Crippen molar-refractivity contribution in [2.75, 3.05) is 0 Å². The molecule has 0 aliphatic rings. The third-order valence-electron chi connectivity index (χ3n) is 4.38. The molecule has 0 bridgehead atoms. The molecule has 5 nitrogen and oxygen atoms in total. The molecule has 0 N–H and O–H groups in total. The molecule has 0 fully saturated rings. The number of halogens is 2. The van der Waals surface area contributed by atoms with Gasteiger partial charge < -0.3 is 4.74 Å². The second kappa shape index (κ2) is 7.72. The van der Waals surface area contributed by atoms with Crippen LogP contribution < -0.4 is 10.3 Å². The summed E-state index contributed by atoms with van der Waals surface area (Å²) in [5, 5.41) is 0. The van der Waals surface area contributed by atoms with Gasteiger partial charge in [0.2, 0.25) is 0 Å². The van der Waals surface area contributed by atoms with Gasteiger partial charge in [0.15, 0.2) is 5.82 Å². The molecule has 0 amide bonds. The SMILES string of the molecule is C=Cc1cc(-n2c(C)cc(OCc3ncc(F)cc3F)c(C)c2=O)c(C)cn1. The molecule has 0 spiro atoms. The zero-order valence-corrected chi connectivity index (χ0v) is 15.8. The summed E-state index contributed by atoms with van der Waals surface area (Å²) in [5.41, 5.74) is 2.90. The van der Waals surface area contributed by atoms with Crippen LogP contribution in [0.15, 0.2) is 42.0 Å². The fourth-order valence-corrected chi connectivity index (χ4v) is 2.82. The van der Waals surface area contributed by atoms with Crippen LogP contribution in [0.2, 0.25) is 0 Å². The number of ether oxygens (including phenoxy) is 1. The molecule has 3 aromatic rings. The van der Waals surface area contributed by atoms with E-state index in [0.29, 0.717) is 28.4 Å². The number of nitrogens with zero attached hydrogens (tertiary/aromatic N) is 3. The fourth-order valence-electron chi connectivity index (χ4n) is 2.82. The van der Waals surface area contributed by atoms with Gasteiger partial charge in [-0.3, -0.25) is 19.3 Å². The van der Waals surface area contributed by atoms with Gasteiger partial charge in [-0.25, -0.2) is 8.78 Å². The molecule has 28 heavy (non-hydrogen) atoms. The van der Waals surface area contributed by atoms with Crippen LogP contribution >= 0.6 is 0 Å². The van der Waals surface area contributed by atoms with Crippen molar-refractivity contribution in [3.05, 3.63) is 87.4 Å². The fraction of sp³-hybridized carbons (Fsp3) is 0.190. The van der Waals surface area contributed by atoms with E-state index < -0.39 is 11.6 Å². The molecule has 0 aromatic carbocycles. The van der Waals surface area contributed by atoms with Crippen LogP contribution in [0, 0.1) is 32.4 Å². The van der Waals surface area contributed by atoms with Crippen LogP contribution in [-0.4, -0.2) is 14.5 Å². The van der Waals surface area contributed by atoms with E-state index in [1.165, 1.54) is 0 Å². The summed E-state index contributed by atoms with van der Waals surface area (Å²) in [6.07, 6.45) is 4.21. The highest BCUT2D eigenvalue weighted by atomic mass is 19.1. The number of rotatable bonds is 5. The molecule has 0 atom stereocenters. The van der Waals surface area contributed by atoms with E-state index in [-0.39, 0.29) is 17.9 Å². The molecule has 7 heteroatoms. The predicted octanol–water partition coefficient (Wildman–Crippen LogP) is 4.05. The van der Waals surface area contributed by atoms with Crippen molar-refractivity contribution in [1.29, 1.82) is 0 Å². The Kier molecular flexibility index (Phi) is 5.35. The smallest absolute Gasteiger partial charge is 0.261 e. The average Bonchev–Trinajstić information content (AvgIpc) is 2.66. The van der Waals surface area contributed by atoms with Crippen molar-refractivity contribution >= 4 is 6.08 Å². The minimum absolute atomic E-state index is 0.0387. The molecule has 0 aliphatic carbocycles. The van der Waals surface area contributed by atoms with Gasteiger partial charge in [0.25, 0.3) is 5.56 Å². The highest BCUT2D eigenvalue weighted by Gasteiger charge is 2.15. The minimum atomic E-state index is -0.799. The summed E-state index contributed by atoms with van der Waals surface area (Å²) >= 11 is 0. The van der Waals surface area contributed by atoms with Crippen LogP contribution in [0.3, 0.4) is 0 Å². The molecule has 0 radical (unpaired) electrons.